The Kier molecular flexibility index (Phi) is 4.99. The number of H-pyrrole nitrogens is 1. The number of nitrogens with one attached hydrogen (secondary N) is 1. The van der Waals surface area contributed by atoms with Crippen molar-refractivity contribution < 1.29 is 14.2 Å². The highest BCUT2D eigenvalue weighted by atomic mass is 32.1. The van der Waals surface area contributed by atoms with E-state index >= 15 is 0 Å². The molecule has 5 rings (SSSR count). The molecule has 0 atom stereocenters. The van der Waals surface area contributed by atoms with E-state index in [0.29, 0.717) is 21.5 Å². The van der Waals surface area contributed by atoms with Crippen molar-refractivity contribution in [3.63, 3.8) is 0 Å². The topological polar surface area (TPSA) is 62.3 Å². The van der Waals surface area contributed by atoms with Crippen LogP contribution < -0.4 is 10.3 Å². The Balaban J connectivity index is 1.62. The normalized spacial score (nSPS) is 11.1. The predicted octanol–water partition coefficient (Wildman–Crippen LogP) is 6.44. The van der Waals surface area contributed by atoms with Gasteiger partial charge in [0.05, 0.1) is 18.1 Å². The largest absolute Gasteiger partial charge is 0.506 e. The summed E-state index contributed by atoms with van der Waals surface area (Å²) in [5, 5.41) is 13.6. The molecule has 32 heavy (non-hydrogen) atoms. The van der Waals surface area contributed by atoms with Crippen molar-refractivity contribution in [1.82, 2.24) is 4.98 Å². The number of hydrogen-bond donors (Lipinski definition) is 2. The monoisotopic (exact) mass is 443 g/mol. The smallest absolute Gasteiger partial charge is 0.260 e. The van der Waals surface area contributed by atoms with Gasteiger partial charge in [-0.3, -0.25) is 4.79 Å². The summed E-state index contributed by atoms with van der Waals surface area (Å²) in [6, 6.07) is 21.3. The van der Waals surface area contributed by atoms with E-state index in [1.54, 1.807) is 18.2 Å². The molecule has 0 saturated carbocycles. The van der Waals surface area contributed by atoms with Crippen molar-refractivity contribution in [3.05, 3.63) is 94.3 Å². The Morgan fingerprint density at radius 3 is 2.28 bits per heavy atom. The molecule has 0 aliphatic heterocycles. The lowest BCUT2D eigenvalue weighted by Gasteiger charge is -2.10. The van der Waals surface area contributed by atoms with Crippen molar-refractivity contribution in [2.75, 3.05) is 7.11 Å². The van der Waals surface area contributed by atoms with Gasteiger partial charge in [0.25, 0.3) is 5.56 Å². The molecule has 4 nitrogen and oxygen atoms in total. The van der Waals surface area contributed by atoms with E-state index in [1.165, 1.54) is 30.6 Å². The van der Waals surface area contributed by atoms with Gasteiger partial charge in [-0.05, 0) is 28.8 Å². The number of hydrogen-bond acceptors (Lipinski definition) is 4. The number of thiophene rings is 1. The molecule has 0 fully saturated rings. The van der Waals surface area contributed by atoms with Gasteiger partial charge in [0.15, 0.2) is 0 Å². The van der Waals surface area contributed by atoms with Gasteiger partial charge in [-0.1, -0.05) is 54.6 Å². The first-order valence-electron chi connectivity index (χ1n) is 9.93. The molecule has 0 aliphatic rings. The Hall–Kier alpha value is -3.90. The average molecular weight is 443 g/mol. The van der Waals surface area contributed by atoms with Crippen LogP contribution >= 0.6 is 11.3 Å². The second kappa shape index (κ2) is 7.98. The number of aromatic nitrogens is 1. The molecule has 5 aromatic rings. The zero-order chi connectivity index (χ0) is 22.2. The van der Waals surface area contributed by atoms with Gasteiger partial charge < -0.3 is 14.8 Å². The predicted molar refractivity (Wildman–Crippen MR) is 127 cm³/mol. The third-order valence-electron chi connectivity index (χ3n) is 5.45. The molecular weight excluding hydrogens is 425 g/mol. The number of halogens is 1. The molecule has 0 unspecified atom stereocenters. The number of aromatic hydroxyl groups is 1. The van der Waals surface area contributed by atoms with Crippen molar-refractivity contribution in [2.45, 2.75) is 0 Å². The standard InChI is InChI=1S/C26H18FNO3S/c1-31-21-13-18(27)11-12-19(21)15-7-9-16(10-8-15)20-14-32-26-23(20)24(29)22(25(30)28-26)17-5-3-2-4-6-17/h2-14H,1H3,(H2,28,29,30). The zero-order valence-corrected chi connectivity index (χ0v) is 17.9. The Labute approximate surface area is 187 Å². The van der Waals surface area contributed by atoms with Crippen LogP contribution in [0.15, 0.2) is 83.0 Å². The quantitative estimate of drug-likeness (QED) is 0.336. The minimum atomic E-state index is -0.356. The Morgan fingerprint density at radius 2 is 1.59 bits per heavy atom. The van der Waals surface area contributed by atoms with Crippen LogP contribution in [-0.4, -0.2) is 17.2 Å². The Bertz CT molecular complexity index is 1490. The molecule has 2 aromatic heterocycles. The highest BCUT2D eigenvalue weighted by molar-refractivity contribution is 7.17. The lowest BCUT2D eigenvalue weighted by Crippen LogP contribution is -2.08. The molecule has 0 radical (unpaired) electrons. The average Bonchev–Trinajstić information content (AvgIpc) is 3.24. The molecule has 2 heterocycles. The minimum Gasteiger partial charge on any atom is -0.506 e. The van der Waals surface area contributed by atoms with Gasteiger partial charge in [-0.15, -0.1) is 11.3 Å². The highest BCUT2D eigenvalue weighted by Gasteiger charge is 2.19. The van der Waals surface area contributed by atoms with Crippen molar-refractivity contribution in [1.29, 1.82) is 0 Å². The first-order valence-corrected chi connectivity index (χ1v) is 10.8. The van der Waals surface area contributed by atoms with Gasteiger partial charge in [0, 0.05) is 22.6 Å². The van der Waals surface area contributed by atoms with Gasteiger partial charge in [-0.25, -0.2) is 4.39 Å². The molecule has 6 heteroatoms. The third-order valence-corrected chi connectivity index (χ3v) is 6.35. The number of rotatable bonds is 4. The molecule has 0 bridgehead atoms. The molecule has 0 aliphatic carbocycles. The maximum atomic E-state index is 13.5. The fourth-order valence-corrected chi connectivity index (χ4v) is 4.87. The zero-order valence-electron chi connectivity index (χ0n) is 17.1. The van der Waals surface area contributed by atoms with E-state index in [9.17, 15) is 14.3 Å². The summed E-state index contributed by atoms with van der Waals surface area (Å²) < 4.78 is 18.9. The maximum Gasteiger partial charge on any atom is 0.260 e. The molecular formula is C26H18FNO3S. The Morgan fingerprint density at radius 1 is 0.906 bits per heavy atom. The van der Waals surface area contributed by atoms with Crippen LogP contribution in [0.3, 0.4) is 0 Å². The van der Waals surface area contributed by atoms with Crippen LogP contribution in [0.4, 0.5) is 4.39 Å². The molecule has 2 N–H and O–H groups in total. The maximum absolute atomic E-state index is 13.5. The van der Waals surface area contributed by atoms with Crippen LogP contribution in [0.25, 0.3) is 43.6 Å². The first-order chi connectivity index (χ1) is 15.6. The molecule has 158 valence electrons. The van der Waals surface area contributed by atoms with E-state index in [1.807, 2.05) is 47.8 Å². The summed E-state index contributed by atoms with van der Waals surface area (Å²) in [5.41, 5.74) is 3.97. The lowest BCUT2D eigenvalue weighted by molar-refractivity contribution is 0.413. The molecule has 3 aromatic carbocycles. The summed E-state index contributed by atoms with van der Waals surface area (Å²) in [6.07, 6.45) is 0. The van der Waals surface area contributed by atoms with Crippen molar-refractivity contribution >= 4 is 21.6 Å². The van der Waals surface area contributed by atoms with Crippen molar-refractivity contribution in [2.24, 2.45) is 0 Å². The SMILES string of the molecule is COc1cc(F)ccc1-c1ccc(-c2csc3[nH]c(=O)c(-c4ccccc4)c(O)c23)cc1. The van der Waals surface area contributed by atoms with Crippen LogP contribution in [0, 0.1) is 5.82 Å². The van der Waals surface area contributed by atoms with Crippen LogP contribution in [-0.2, 0) is 0 Å². The van der Waals surface area contributed by atoms with Gasteiger partial charge >= 0.3 is 0 Å². The number of aromatic amines is 1. The molecule has 0 amide bonds. The van der Waals surface area contributed by atoms with Gasteiger partial charge in [0.1, 0.15) is 22.1 Å². The number of pyridine rings is 1. The van der Waals surface area contributed by atoms with Crippen LogP contribution in [0.5, 0.6) is 11.5 Å². The van der Waals surface area contributed by atoms with E-state index < -0.39 is 0 Å². The third kappa shape index (κ3) is 3.35. The van der Waals surface area contributed by atoms with Crippen LogP contribution in [0.2, 0.25) is 0 Å². The highest BCUT2D eigenvalue weighted by Crippen LogP contribution is 2.42. The lowest BCUT2D eigenvalue weighted by atomic mass is 9.98. The fraction of sp³-hybridized carbons (Fsp3) is 0.0385. The van der Waals surface area contributed by atoms with E-state index in [4.69, 9.17) is 4.74 Å². The van der Waals surface area contributed by atoms with E-state index in [2.05, 4.69) is 4.98 Å². The summed E-state index contributed by atoms with van der Waals surface area (Å²) in [7, 11) is 1.51. The van der Waals surface area contributed by atoms with E-state index in [0.717, 1.165) is 22.3 Å². The summed E-state index contributed by atoms with van der Waals surface area (Å²) >= 11 is 1.37. The van der Waals surface area contributed by atoms with E-state index in [-0.39, 0.29) is 22.7 Å². The second-order valence-electron chi connectivity index (χ2n) is 7.32. The second-order valence-corrected chi connectivity index (χ2v) is 8.20. The minimum absolute atomic E-state index is 0.0320. The van der Waals surface area contributed by atoms with Crippen molar-refractivity contribution in [3.8, 4) is 44.9 Å². The number of fused-ring (bicyclic) bond motifs is 1. The van der Waals surface area contributed by atoms with Gasteiger partial charge in [-0.2, -0.15) is 0 Å². The molecule has 0 spiro atoms. The number of methoxy groups -OCH3 is 1. The van der Waals surface area contributed by atoms with Crippen LogP contribution in [0.1, 0.15) is 0 Å². The summed E-state index contributed by atoms with van der Waals surface area (Å²) in [5.74, 6) is 0.0718. The summed E-state index contributed by atoms with van der Waals surface area (Å²) in [6.45, 7) is 0. The number of ether oxygens (including phenoxy) is 1. The molecule has 0 saturated heterocycles. The summed E-state index contributed by atoms with van der Waals surface area (Å²) in [4.78, 5) is 16.2. The first kappa shape index (κ1) is 20.0. The number of benzene rings is 3. The fourth-order valence-electron chi connectivity index (χ4n) is 3.90. The van der Waals surface area contributed by atoms with Gasteiger partial charge in [0.2, 0.25) is 0 Å².